The molecule has 0 aliphatic carbocycles. The third kappa shape index (κ3) is 18.1. The molecule has 0 saturated heterocycles. The van der Waals surface area contributed by atoms with Gasteiger partial charge in [-0.2, -0.15) is 0 Å². The van der Waals surface area contributed by atoms with E-state index in [1.807, 2.05) is 51.3 Å². The second-order valence-corrected chi connectivity index (χ2v) is 52.8. The normalized spacial score (nSPS) is 15.8. The first-order valence-corrected chi connectivity index (χ1v) is 47.7. The first-order chi connectivity index (χ1) is 63.9. The molecule has 0 aromatic heterocycles. The van der Waals surface area contributed by atoms with E-state index in [0.29, 0.717) is 50.8 Å². The summed E-state index contributed by atoms with van der Waals surface area (Å²) in [6.45, 7) is 88.4. The highest BCUT2D eigenvalue weighted by Gasteiger charge is 2.50. The van der Waals surface area contributed by atoms with Crippen molar-refractivity contribution in [2.45, 2.75) is 367 Å². The second-order valence-electron chi connectivity index (χ2n) is 52.8. The highest BCUT2D eigenvalue weighted by Crippen LogP contribution is 2.55. The van der Waals surface area contributed by atoms with E-state index in [4.69, 9.17) is 9.47 Å². The molecular formula is C122H156B2N4O2. The van der Waals surface area contributed by atoms with Crippen LogP contribution < -0.4 is 61.9 Å². The van der Waals surface area contributed by atoms with Crippen molar-refractivity contribution in [3.63, 3.8) is 0 Å². The predicted molar refractivity (Wildman–Crippen MR) is 569 cm³/mol. The molecule has 4 heterocycles. The zero-order chi connectivity index (χ0) is 105. The third-order valence-electron chi connectivity index (χ3n) is 27.1. The molecule has 4 aliphatic heterocycles. The van der Waals surface area contributed by atoms with Gasteiger partial charge in [-0.3, -0.25) is 0 Å². The summed E-state index contributed by atoms with van der Waals surface area (Å²) in [4.78, 5) is 8.48. The minimum absolute atomic E-state index is 0.0100. The summed E-state index contributed by atoms with van der Waals surface area (Å²) in [6.07, 6.45) is 0. The van der Waals surface area contributed by atoms with E-state index < -0.39 is 89.2 Å². The Balaban J connectivity index is 1.24. The molecule has 0 N–H and O–H groups in total. The number of anilines is 12. The van der Waals surface area contributed by atoms with Crippen molar-refractivity contribution in [3.8, 4) is 23.0 Å². The SMILES string of the molecule is [2H]c1c([2H])c(C(C)(C)C)c([2H])c2c1B1c3c([2H])c4c(c([2H])c3Oc3c([2H])c(N(c5cc(C(C)(C)C)cc(C(C)(C)C)c5)c5cc(C(C)(C)C)cc(C(C)(C)C)c5)c([2H])c(c31)O2)B1c2c([2H])c([2H])c(C(C)(C)C)c([2H])c2N(c2cc(C(C)(C)C)cc(C(C)(C)C)c2)c2cc(N(c3cc(C(C)(C)C)cc(C(C)(C)C)c3)c3cc(C(C)(C)C)cc(C(C)(C)C)c3)c([2H])c(c21)N4c1cc(C(C)(C)C)cc(C(C)(C)C)c1. The quantitative estimate of drug-likeness (QED) is 0.141. The van der Waals surface area contributed by atoms with Crippen molar-refractivity contribution in [1.29, 1.82) is 0 Å². The number of benzene rings is 11. The van der Waals surface area contributed by atoms with Crippen LogP contribution in [0, 0.1) is 0 Å². The second kappa shape index (κ2) is 31.0. The van der Waals surface area contributed by atoms with Gasteiger partial charge in [0, 0.05) is 74.4 Å². The maximum atomic E-state index is 12.5. The fourth-order valence-electron chi connectivity index (χ4n) is 18.0. The van der Waals surface area contributed by atoms with Crippen molar-refractivity contribution in [3.05, 3.63) is 260 Å². The monoisotopic (exact) mass is 1740 g/mol. The van der Waals surface area contributed by atoms with Crippen LogP contribution in [0.25, 0.3) is 0 Å². The lowest BCUT2D eigenvalue weighted by molar-refractivity contribution is 0.463. The van der Waals surface area contributed by atoms with Gasteiger partial charge < -0.3 is 29.1 Å². The summed E-state index contributed by atoms with van der Waals surface area (Å²) >= 11 is 0. The van der Waals surface area contributed by atoms with Gasteiger partial charge in [0.1, 0.15) is 23.0 Å². The Bertz CT molecular complexity index is 6700. The highest BCUT2D eigenvalue weighted by atomic mass is 16.5. The molecular weight excluding hydrogens is 1570 g/mol. The molecule has 15 rings (SSSR count). The zero-order valence-electron chi connectivity index (χ0n) is 98.2. The molecule has 0 atom stereocenters. The Morgan fingerprint density at radius 1 is 0.200 bits per heavy atom. The molecule has 0 amide bonds. The minimum atomic E-state index is -1.49. The minimum Gasteiger partial charge on any atom is -0.458 e. The van der Waals surface area contributed by atoms with Gasteiger partial charge in [0.15, 0.2) is 0 Å². The summed E-state index contributed by atoms with van der Waals surface area (Å²) < 4.78 is 142. The summed E-state index contributed by atoms with van der Waals surface area (Å²) in [6, 6.07) is 40.2. The van der Waals surface area contributed by atoms with E-state index in [1.165, 1.54) is 0 Å². The molecule has 0 fully saturated rings. The molecule has 11 aromatic carbocycles. The lowest BCUT2D eigenvalue weighted by Crippen LogP contribution is -2.63. The van der Waals surface area contributed by atoms with Crippen molar-refractivity contribution in [1.82, 2.24) is 0 Å². The van der Waals surface area contributed by atoms with Crippen LogP contribution >= 0.6 is 0 Å². The fourth-order valence-corrected chi connectivity index (χ4v) is 18.0. The molecule has 4 aliphatic rings. The zero-order valence-corrected chi connectivity index (χ0v) is 87.2. The van der Waals surface area contributed by atoms with Gasteiger partial charge in [-0.1, -0.05) is 351 Å². The van der Waals surface area contributed by atoms with Crippen LogP contribution in [0.15, 0.2) is 182 Å². The van der Waals surface area contributed by atoms with Gasteiger partial charge in [-0.25, -0.2) is 0 Å². The molecule has 130 heavy (non-hydrogen) atoms. The molecule has 682 valence electrons. The summed E-state index contributed by atoms with van der Waals surface area (Å²) in [5.41, 5.74) is 12.2. The Morgan fingerprint density at radius 3 is 0.777 bits per heavy atom. The first kappa shape index (κ1) is 81.1. The average molecular weight is 1740 g/mol. The van der Waals surface area contributed by atoms with Crippen molar-refractivity contribution in [2.24, 2.45) is 0 Å². The van der Waals surface area contributed by atoms with E-state index in [1.54, 1.807) is 0 Å². The fraction of sp³-hybridized carbons (Fsp3) is 0.459. The number of hydrogen-bond acceptors (Lipinski definition) is 6. The van der Waals surface area contributed by atoms with Gasteiger partial charge >= 0.3 is 0 Å². The summed E-state index contributed by atoms with van der Waals surface area (Å²) in [5.74, 6) is -0.519. The van der Waals surface area contributed by atoms with E-state index in [0.717, 1.165) is 78.1 Å². The van der Waals surface area contributed by atoms with Gasteiger partial charge in [0.05, 0.1) is 26.5 Å². The van der Waals surface area contributed by atoms with Crippen LogP contribution in [0.4, 0.5) is 68.2 Å². The molecule has 0 radical (unpaired) electrons. The van der Waals surface area contributed by atoms with Crippen LogP contribution in [0.3, 0.4) is 0 Å². The van der Waals surface area contributed by atoms with Crippen LogP contribution in [0.2, 0.25) is 0 Å². The number of nitrogens with zero attached hydrogens (tertiary/aromatic N) is 4. The van der Waals surface area contributed by atoms with Gasteiger partial charge in [-0.15, -0.1) is 0 Å². The number of rotatable bonds is 8. The molecule has 0 saturated carbocycles. The van der Waals surface area contributed by atoms with Crippen molar-refractivity contribution in [2.75, 3.05) is 19.6 Å². The molecule has 0 spiro atoms. The lowest BCUT2D eigenvalue weighted by atomic mass is 9.31. The van der Waals surface area contributed by atoms with E-state index in [-0.39, 0.29) is 139 Å². The Kier molecular flexibility index (Phi) is 19.3. The smallest absolute Gasteiger partial charge is 0.260 e. The Labute approximate surface area is 803 Å². The molecule has 11 aromatic rings. The van der Waals surface area contributed by atoms with Gasteiger partial charge in [-0.05, 0) is 290 Å². The molecule has 8 heteroatoms. The van der Waals surface area contributed by atoms with Crippen LogP contribution in [-0.2, 0) is 75.8 Å². The molecule has 0 unspecified atom stereocenters. The van der Waals surface area contributed by atoms with E-state index in [9.17, 15) is 15.1 Å². The highest BCUT2D eigenvalue weighted by molar-refractivity contribution is 7.01. The van der Waals surface area contributed by atoms with Crippen LogP contribution in [0.1, 0.15) is 384 Å². The largest absolute Gasteiger partial charge is 0.458 e. The van der Waals surface area contributed by atoms with Gasteiger partial charge in [0.25, 0.3) is 13.4 Å². The third-order valence-corrected chi connectivity index (χ3v) is 27.1. The number of fused-ring (bicyclic) bond motifs is 8. The molecule has 0 bridgehead atoms. The van der Waals surface area contributed by atoms with E-state index >= 15 is 0 Å². The Hall–Kier alpha value is -9.65. The molecule has 6 nitrogen and oxygen atoms in total. The summed E-state index contributed by atoms with van der Waals surface area (Å²) in [5, 5.41) is 0. The van der Waals surface area contributed by atoms with Gasteiger partial charge in [0.2, 0.25) is 0 Å². The predicted octanol–water partition coefficient (Wildman–Crippen LogP) is 31.6. The first-order valence-electron chi connectivity index (χ1n) is 53.2. The number of hydrogen-bond donors (Lipinski definition) is 0. The Morgan fingerprint density at radius 2 is 0.462 bits per heavy atom. The van der Waals surface area contributed by atoms with Crippen LogP contribution in [0.5, 0.6) is 23.0 Å². The van der Waals surface area contributed by atoms with E-state index in [2.05, 4.69) is 374 Å². The van der Waals surface area contributed by atoms with Crippen molar-refractivity contribution >= 4 is 114 Å². The maximum Gasteiger partial charge on any atom is 0.260 e. The number of ether oxygens (including phenoxy) is 2. The lowest BCUT2D eigenvalue weighted by Gasteiger charge is -2.46. The summed E-state index contributed by atoms with van der Waals surface area (Å²) in [7, 11) is 0. The maximum absolute atomic E-state index is 12.5. The van der Waals surface area contributed by atoms with Crippen molar-refractivity contribution < 1.29 is 24.6 Å². The standard InChI is InChI=1S/C122H156B2N4O2/c1-109(2,3)73-43-45-95-99(65-73)127(91-61-83(119(31,32)33)51-84(62-91)120(34,35)36)101-67-93(125(87-53-75(111(7,8)9)47-76(54-87)112(10,11)12)88-55-77(113(13,14)15)48-78(56-88)114(16,17)18)68-102-107(101)123(95)97-72-104-98(71-100(97)128(102)92-63-85(121(37,38)39)52-86(64-92)122(40,41)42)124-96-46-44-74(110(4,5)6)66-103(96)129-105-69-94(70-106(130-104)108(105)124)126(89-57-79(115(19,20)21)49-80(58-89)116(22,23)24)90-59-81(117(25,26)27)50-82(60-90)118(28,29)30/h43-72H,1-42H3/i43D,44D,45D,46D,65D,66D,68D,69D,70D,71D,72D. The van der Waals surface area contributed by atoms with Crippen LogP contribution in [-0.4, -0.2) is 13.4 Å². The topological polar surface area (TPSA) is 31.4 Å². The average Bonchev–Trinajstić information content (AvgIpc) is 0.663.